The Kier molecular flexibility index (Phi) is 4.43. The molecule has 0 saturated carbocycles. The van der Waals surface area contributed by atoms with E-state index in [1.165, 1.54) is 26.0 Å². The first-order valence-corrected chi connectivity index (χ1v) is 8.27. The molecule has 104 valence electrons. The smallest absolute Gasteiger partial charge is 0.107 e. The molecule has 0 unspecified atom stereocenters. The highest BCUT2D eigenvalue weighted by atomic mass is 32.1. The molecule has 2 nitrogen and oxygen atoms in total. The maximum atomic E-state index is 4.69. The van der Waals surface area contributed by atoms with Gasteiger partial charge in [0.1, 0.15) is 5.01 Å². The summed E-state index contributed by atoms with van der Waals surface area (Å²) < 4.78 is 0. The topological polar surface area (TPSA) is 24.9 Å². The van der Waals surface area contributed by atoms with Gasteiger partial charge in [-0.1, -0.05) is 20.8 Å². The zero-order chi connectivity index (χ0) is 14.0. The van der Waals surface area contributed by atoms with E-state index >= 15 is 0 Å². The first-order chi connectivity index (χ1) is 8.86. The van der Waals surface area contributed by atoms with E-state index in [-0.39, 0.29) is 5.41 Å². The molecule has 2 aromatic heterocycles. The Morgan fingerprint density at radius 2 is 1.95 bits per heavy atom. The molecule has 0 aliphatic carbocycles. The van der Waals surface area contributed by atoms with Crippen molar-refractivity contribution in [1.82, 2.24) is 10.3 Å². The maximum Gasteiger partial charge on any atom is 0.107 e. The predicted octanol–water partition coefficient (Wildman–Crippen LogP) is 4.41. The molecule has 2 rings (SSSR count). The van der Waals surface area contributed by atoms with Gasteiger partial charge < -0.3 is 5.32 Å². The molecular weight excluding hydrogens is 272 g/mol. The van der Waals surface area contributed by atoms with E-state index < -0.39 is 0 Å². The van der Waals surface area contributed by atoms with Crippen LogP contribution >= 0.6 is 22.7 Å². The summed E-state index contributed by atoms with van der Waals surface area (Å²) in [5, 5.41) is 6.83. The normalized spacial score (nSPS) is 12.1. The van der Waals surface area contributed by atoms with Gasteiger partial charge in [0.05, 0.1) is 5.69 Å². The van der Waals surface area contributed by atoms with Gasteiger partial charge in [-0.25, -0.2) is 4.98 Å². The highest BCUT2D eigenvalue weighted by Gasteiger charge is 2.17. The molecule has 0 atom stereocenters. The molecule has 0 spiro atoms. The van der Waals surface area contributed by atoms with Crippen LogP contribution in [0.3, 0.4) is 0 Å². The van der Waals surface area contributed by atoms with E-state index in [9.17, 15) is 0 Å². The van der Waals surface area contributed by atoms with Crippen molar-refractivity contribution in [3.63, 3.8) is 0 Å². The molecule has 19 heavy (non-hydrogen) atoms. The second kappa shape index (κ2) is 5.73. The van der Waals surface area contributed by atoms with Crippen LogP contribution in [0.2, 0.25) is 0 Å². The van der Waals surface area contributed by atoms with Gasteiger partial charge in [-0.15, -0.1) is 22.7 Å². The van der Waals surface area contributed by atoms with Gasteiger partial charge in [-0.2, -0.15) is 0 Å². The number of hydrogen-bond acceptors (Lipinski definition) is 4. The van der Waals surface area contributed by atoms with Crippen LogP contribution in [0.15, 0.2) is 11.4 Å². The van der Waals surface area contributed by atoms with Crippen LogP contribution in [0.4, 0.5) is 0 Å². The second-order valence-electron chi connectivity index (χ2n) is 5.93. The summed E-state index contributed by atoms with van der Waals surface area (Å²) in [6, 6.07) is 2.27. The summed E-state index contributed by atoms with van der Waals surface area (Å²) >= 11 is 3.63. The quantitative estimate of drug-likeness (QED) is 0.903. The lowest BCUT2D eigenvalue weighted by Gasteiger charge is -2.14. The number of nitrogens with one attached hydrogen (secondary N) is 1. The van der Waals surface area contributed by atoms with Gasteiger partial charge in [-0.05, 0) is 25.5 Å². The third kappa shape index (κ3) is 3.88. The van der Waals surface area contributed by atoms with Crippen molar-refractivity contribution in [2.75, 3.05) is 0 Å². The van der Waals surface area contributed by atoms with Crippen LogP contribution < -0.4 is 5.32 Å². The number of aryl methyl sites for hydroxylation is 2. The summed E-state index contributed by atoms with van der Waals surface area (Å²) in [6.45, 7) is 12.8. The number of rotatable bonds is 4. The summed E-state index contributed by atoms with van der Waals surface area (Å²) in [6.07, 6.45) is 0. The molecule has 4 heteroatoms. The van der Waals surface area contributed by atoms with E-state index in [4.69, 9.17) is 4.98 Å². The summed E-state index contributed by atoms with van der Waals surface area (Å²) in [5.41, 5.74) is 2.74. The highest BCUT2D eigenvalue weighted by molar-refractivity contribution is 7.12. The molecule has 1 N–H and O–H groups in total. The lowest BCUT2D eigenvalue weighted by Crippen LogP contribution is -2.14. The van der Waals surface area contributed by atoms with Crippen LogP contribution in [-0.2, 0) is 18.5 Å². The van der Waals surface area contributed by atoms with Crippen molar-refractivity contribution in [1.29, 1.82) is 0 Å². The molecule has 0 bridgehead atoms. The first-order valence-electron chi connectivity index (χ1n) is 6.58. The van der Waals surface area contributed by atoms with Crippen molar-refractivity contribution in [2.45, 2.75) is 53.1 Å². The van der Waals surface area contributed by atoms with Crippen molar-refractivity contribution in [2.24, 2.45) is 0 Å². The fourth-order valence-electron chi connectivity index (χ4n) is 1.77. The zero-order valence-electron chi connectivity index (χ0n) is 12.3. The first kappa shape index (κ1) is 14.7. The van der Waals surface area contributed by atoms with Crippen molar-refractivity contribution >= 4 is 22.7 Å². The molecule has 0 saturated heterocycles. The van der Waals surface area contributed by atoms with Crippen molar-refractivity contribution in [3.8, 4) is 0 Å². The summed E-state index contributed by atoms with van der Waals surface area (Å²) in [7, 11) is 0. The van der Waals surface area contributed by atoms with Crippen molar-refractivity contribution < 1.29 is 0 Å². The van der Waals surface area contributed by atoms with Crippen LogP contribution in [-0.4, -0.2) is 4.98 Å². The largest absolute Gasteiger partial charge is 0.306 e. The molecule has 2 heterocycles. The lowest BCUT2D eigenvalue weighted by atomic mass is 9.93. The Morgan fingerprint density at radius 3 is 2.47 bits per heavy atom. The predicted molar refractivity (Wildman–Crippen MR) is 85.2 cm³/mol. The average Bonchev–Trinajstić information content (AvgIpc) is 2.87. The number of hydrogen-bond donors (Lipinski definition) is 1. The minimum absolute atomic E-state index is 0.150. The maximum absolute atomic E-state index is 4.69. The van der Waals surface area contributed by atoms with Gasteiger partial charge in [-0.3, -0.25) is 0 Å². The molecule has 0 aliphatic heterocycles. The molecule has 0 amide bonds. The molecule has 2 aromatic rings. The highest BCUT2D eigenvalue weighted by Crippen LogP contribution is 2.24. The number of thiophene rings is 1. The Balaban J connectivity index is 1.87. The van der Waals surface area contributed by atoms with Gasteiger partial charge in [0.2, 0.25) is 0 Å². The monoisotopic (exact) mass is 294 g/mol. The standard InChI is InChI=1S/C15H22N2S2/c1-10-6-12(19-11(10)2)7-16-8-14-17-13(9-18-14)15(3,4)5/h6,9,16H,7-8H2,1-5H3. The second-order valence-corrected chi connectivity index (χ2v) is 8.22. The van der Waals surface area contributed by atoms with E-state index in [2.05, 4.69) is 51.4 Å². The minimum Gasteiger partial charge on any atom is -0.306 e. The number of aromatic nitrogens is 1. The summed E-state index contributed by atoms with van der Waals surface area (Å²) in [4.78, 5) is 7.52. The van der Waals surface area contributed by atoms with Gasteiger partial charge in [0, 0.05) is 33.6 Å². The zero-order valence-corrected chi connectivity index (χ0v) is 14.0. The van der Waals surface area contributed by atoms with E-state index in [0.29, 0.717) is 0 Å². The molecule has 0 aliphatic rings. The Bertz CT molecular complexity index is 527. The van der Waals surface area contributed by atoms with Gasteiger partial charge in [0.15, 0.2) is 0 Å². The Hall–Kier alpha value is -0.710. The van der Waals surface area contributed by atoms with Gasteiger partial charge in [0.25, 0.3) is 0 Å². The minimum atomic E-state index is 0.150. The fourth-order valence-corrected chi connectivity index (χ4v) is 3.78. The molecule has 0 radical (unpaired) electrons. The fraction of sp³-hybridized carbons (Fsp3) is 0.533. The molecular formula is C15H22N2S2. The Labute approximate surface area is 123 Å². The average molecular weight is 294 g/mol. The number of thiazole rings is 1. The van der Waals surface area contributed by atoms with E-state index in [0.717, 1.165) is 13.1 Å². The Morgan fingerprint density at radius 1 is 1.21 bits per heavy atom. The van der Waals surface area contributed by atoms with E-state index in [1.54, 1.807) is 11.3 Å². The third-order valence-electron chi connectivity index (χ3n) is 3.11. The number of nitrogens with zero attached hydrogens (tertiary/aromatic N) is 1. The summed E-state index contributed by atoms with van der Waals surface area (Å²) in [5.74, 6) is 0. The molecule has 0 aromatic carbocycles. The van der Waals surface area contributed by atoms with Crippen LogP contribution in [0.25, 0.3) is 0 Å². The molecule has 0 fully saturated rings. The third-order valence-corrected chi connectivity index (χ3v) is 5.11. The van der Waals surface area contributed by atoms with E-state index in [1.807, 2.05) is 11.3 Å². The van der Waals surface area contributed by atoms with Crippen LogP contribution in [0, 0.1) is 13.8 Å². The SMILES string of the molecule is Cc1cc(CNCc2nc(C(C)(C)C)cs2)sc1C. The van der Waals surface area contributed by atoms with Gasteiger partial charge >= 0.3 is 0 Å². The van der Waals surface area contributed by atoms with Crippen LogP contribution in [0.1, 0.15) is 46.8 Å². The van der Waals surface area contributed by atoms with Crippen LogP contribution in [0.5, 0.6) is 0 Å². The van der Waals surface area contributed by atoms with Crippen molar-refractivity contribution in [3.05, 3.63) is 37.5 Å². The lowest BCUT2D eigenvalue weighted by molar-refractivity contribution is 0.568.